The molecule has 7 heteroatoms. The van der Waals surface area contributed by atoms with E-state index in [0.29, 0.717) is 5.78 Å². The summed E-state index contributed by atoms with van der Waals surface area (Å²) in [5.74, 6) is 0.585. The van der Waals surface area contributed by atoms with Crippen LogP contribution < -0.4 is 0 Å². The molecular formula is C15H15N5OS. The number of nitrogens with zero attached hydrogens (tertiary/aromatic N) is 5. The average molecular weight is 313 g/mol. The van der Waals surface area contributed by atoms with Gasteiger partial charge >= 0.3 is 0 Å². The highest BCUT2D eigenvalue weighted by molar-refractivity contribution is 7.10. The van der Waals surface area contributed by atoms with E-state index in [2.05, 4.69) is 21.1 Å². The third kappa shape index (κ3) is 2.09. The molecule has 1 aliphatic rings. The minimum absolute atomic E-state index is 0.110. The molecule has 3 aromatic heterocycles. The van der Waals surface area contributed by atoms with Crippen molar-refractivity contribution < 1.29 is 4.79 Å². The van der Waals surface area contributed by atoms with Gasteiger partial charge in [-0.05, 0) is 37.3 Å². The lowest BCUT2D eigenvalue weighted by Gasteiger charge is -2.22. The summed E-state index contributed by atoms with van der Waals surface area (Å²) in [6, 6.07) is 6.11. The fraction of sp³-hybridized carbons (Fsp3) is 0.333. The molecule has 0 radical (unpaired) electrons. The molecule has 1 amide bonds. The van der Waals surface area contributed by atoms with Crippen molar-refractivity contribution in [2.24, 2.45) is 0 Å². The van der Waals surface area contributed by atoms with E-state index in [1.165, 1.54) is 4.88 Å². The third-order valence-electron chi connectivity index (χ3n) is 4.01. The molecule has 1 atom stereocenters. The van der Waals surface area contributed by atoms with Gasteiger partial charge in [-0.2, -0.15) is 4.98 Å². The Hall–Kier alpha value is -2.28. The number of carbonyl (C=O) groups excluding carboxylic acids is 1. The van der Waals surface area contributed by atoms with Gasteiger partial charge < -0.3 is 4.90 Å². The molecule has 0 spiro atoms. The van der Waals surface area contributed by atoms with Gasteiger partial charge in [0, 0.05) is 23.3 Å². The van der Waals surface area contributed by atoms with Gasteiger partial charge in [-0.1, -0.05) is 6.07 Å². The highest BCUT2D eigenvalue weighted by Crippen LogP contribution is 2.35. The minimum atomic E-state index is -0.110. The molecule has 1 unspecified atom stereocenters. The Kier molecular flexibility index (Phi) is 3.15. The predicted molar refractivity (Wildman–Crippen MR) is 82.8 cm³/mol. The molecule has 3 aromatic rings. The molecule has 0 aromatic carbocycles. The van der Waals surface area contributed by atoms with Gasteiger partial charge in [0.05, 0.1) is 6.04 Å². The lowest BCUT2D eigenvalue weighted by atomic mass is 10.2. The molecule has 0 bridgehead atoms. The summed E-state index contributed by atoms with van der Waals surface area (Å²) < 4.78 is 1.61. The van der Waals surface area contributed by atoms with Gasteiger partial charge in [-0.15, -0.1) is 16.4 Å². The Balaban J connectivity index is 1.69. The molecule has 112 valence electrons. The maximum atomic E-state index is 12.8. The monoisotopic (exact) mass is 313 g/mol. The zero-order valence-corrected chi connectivity index (χ0v) is 13.0. The number of hydrogen-bond donors (Lipinski definition) is 0. The van der Waals surface area contributed by atoms with Gasteiger partial charge in [-0.3, -0.25) is 4.79 Å². The molecule has 1 fully saturated rings. The van der Waals surface area contributed by atoms with Crippen molar-refractivity contribution >= 4 is 23.0 Å². The van der Waals surface area contributed by atoms with Crippen LogP contribution >= 0.6 is 11.3 Å². The van der Waals surface area contributed by atoms with Crippen molar-refractivity contribution in [1.82, 2.24) is 24.5 Å². The second-order valence-corrected chi connectivity index (χ2v) is 6.38. The summed E-state index contributed by atoms with van der Waals surface area (Å²) in [7, 11) is 0. The fourth-order valence-electron chi connectivity index (χ4n) is 2.91. The van der Waals surface area contributed by atoms with Crippen LogP contribution in [0.3, 0.4) is 0 Å². The summed E-state index contributed by atoms with van der Waals surface area (Å²) in [6.45, 7) is 2.67. The molecule has 1 saturated heterocycles. The minimum Gasteiger partial charge on any atom is -0.328 e. The third-order valence-corrected chi connectivity index (χ3v) is 4.98. The first-order valence-corrected chi connectivity index (χ1v) is 8.15. The van der Waals surface area contributed by atoms with E-state index in [9.17, 15) is 4.79 Å². The van der Waals surface area contributed by atoms with Crippen molar-refractivity contribution in [3.8, 4) is 0 Å². The zero-order chi connectivity index (χ0) is 15.1. The number of fused-ring (bicyclic) bond motifs is 1. The highest BCUT2D eigenvalue weighted by Gasteiger charge is 2.33. The van der Waals surface area contributed by atoms with Crippen molar-refractivity contribution in [2.45, 2.75) is 25.8 Å². The molecule has 1 aliphatic heterocycles. The summed E-state index contributed by atoms with van der Waals surface area (Å²) >= 11 is 1.69. The average Bonchev–Trinajstić information content (AvgIpc) is 3.25. The van der Waals surface area contributed by atoms with Crippen LogP contribution in [0.2, 0.25) is 0 Å². The van der Waals surface area contributed by atoms with Crippen LogP contribution in [0.1, 0.15) is 40.1 Å². The number of aryl methyl sites for hydroxylation is 1. The Morgan fingerprint density at radius 1 is 1.41 bits per heavy atom. The maximum absolute atomic E-state index is 12.8. The largest absolute Gasteiger partial charge is 0.328 e. The van der Waals surface area contributed by atoms with Crippen LogP contribution in [0, 0.1) is 6.92 Å². The second-order valence-electron chi connectivity index (χ2n) is 5.41. The Morgan fingerprint density at radius 3 is 3.09 bits per heavy atom. The first-order chi connectivity index (χ1) is 10.7. The number of aromatic nitrogens is 4. The van der Waals surface area contributed by atoms with E-state index in [-0.39, 0.29) is 17.8 Å². The fourth-order valence-corrected chi connectivity index (χ4v) is 3.79. The van der Waals surface area contributed by atoms with Gasteiger partial charge in [0.25, 0.3) is 11.7 Å². The Labute approximate surface area is 131 Å². The van der Waals surface area contributed by atoms with Crippen molar-refractivity contribution in [3.05, 3.63) is 46.2 Å². The van der Waals surface area contributed by atoms with Gasteiger partial charge in [0.15, 0.2) is 0 Å². The summed E-state index contributed by atoms with van der Waals surface area (Å²) in [5.41, 5.74) is 0.910. The van der Waals surface area contributed by atoms with E-state index in [1.54, 1.807) is 22.0 Å². The predicted octanol–water partition coefficient (Wildman–Crippen LogP) is 2.47. The van der Waals surface area contributed by atoms with Crippen LogP contribution in [0.4, 0.5) is 0 Å². The molecule has 4 rings (SSSR count). The number of hydrogen-bond acceptors (Lipinski definition) is 5. The molecule has 6 nitrogen and oxygen atoms in total. The zero-order valence-electron chi connectivity index (χ0n) is 12.1. The molecule has 4 heterocycles. The van der Waals surface area contributed by atoms with Crippen molar-refractivity contribution in [1.29, 1.82) is 0 Å². The van der Waals surface area contributed by atoms with Crippen LogP contribution in [0.25, 0.3) is 5.78 Å². The molecule has 0 saturated carbocycles. The molecule has 22 heavy (non-hydrogen) atoms. The van der Waals surface area contributed by atoms with Crippen LogP contribution in [0.15, 0.2) is 29.8 Å². The summed E-state index contributed by atoms with van der Waals surface area (Å²) in [4.78, 5) is 24.4. The van der Waals surface area contributed by atoms with Gasteiger partial charge in [0.1, 0.15) is 0 Å². The second kappa shape index (κ2) is 5.17. The van der Waals surface area contributed by atoms with Crippen molar-refractivity contribution in [2.75, 3.05) is 6.54 Å². The van der Waals surface area contributed by atoms with Crippen molar-refractivity contribution in [3.63, 3.8) is 0 Å². The molecular weight excluding hydrogens is 298 g/mol. The van der Waals surface area contributed by atoms with Gasteiger partial charge in [0.2, 0.25) is 5.82 Å². The maximum Gasteiger partial charge on any atom is 0.294 e. The lowest BCUT2D eigenvalue weighted by Crippen LogP contribution is -2.31. The quantitative estimate of drug-likeness (QED) is 0.729. The number of carbonyl (C=O) groups is 1. The van der Waals surface area contributed by atoms with E-state index < -0.39 is 0 Å². The first kappa shape index (κ1) is 13.4. The smallest absolute Gasteiger partial charge is 0.294 e. The molecule has 0 aliphatic carbocycles. The number of amides is 1. The van der Waals surface area contributed by atoms with E-state index in [1.807, 2.05) is 29.3 Å². The number of thiophene rings is 1. The summed E-state index contributed by atoms with van der Waals surface area (Å²) in [6.07, 6.45) is 3.69. The normalized spacial score (nSPS) is 18.2. The standard InChI is InChI=1S/C15H15N5OS/c1-10-6-7-16-15-17-13(18-20(10)15)14(21)19-8-2-4-11(19)12-5-3-9-22-12/h3,5-7,9,11H,2,4,8H2,1H3. The number of likely N-dealkylation sites (tertiary alicyclic amines) is 1. The number of rotatable bonds is 2. The highest BCUT2D eigenvalue weighted by atomic mass is 32.1. The SMILES string of the molecule is Cc1ccnc2nc(C(=O)N3CCCC3c3cccs3)nn12. The Bertz CT molecular complexity index is 826. The van der Waals surface area contributed by atoms with E-state index in [0.717, 1.165) is 25.1 Å². The van der Waals surface area contributed by atoms with Gasteiger partial charge in [-0.25, -0.2) is 9.50 Å². The summed E-state index contributed by atoms with van der Waals surface area (Å²) in [5, 5.41) is 6.38. The van der Waals surface area contributed by atoms with E-state index >= 15 is 0 Å². The van der Waals surface area contributed by atoms with Crippen LogP contribution in [-0.2, 0) is 0 Å². The lowest BCUT2D eigenvalue weighted by molar-refractivity contribution is 0.0725. The Morgan fingerprint density at radius 2 is 2.32 bits per heavy atom. The van der Waals surface area contributed by atoms with E-state index in [4.69, 9.17) is 0 Å². The van der Waals surface area contributed by atoms with Crippen LogP contribution in [0.5, 0.6) is 0 Å². The topological polar surface area (TPSA) is 63.4 Å². The molecule has 0 N–H and O–H groups in total. The van der Waals surface area contributed by atoms with Crippen LogP contribution in [-0.4, -0.2) is 36.9 Å². The first-order valence-electron chi connectivity index (χ1n) is 7.27.